The molecule has 0 radical (unpaired) electrons. The van der Waals surface area contributed by atoms with Gasteiger partial charge in [0.1, 0.15) is 29.8 Å². The van der Waals surface area contributed by atoms with E-state index in [2.05, 4.69) is 10.5 Å². The number of carboxylic acids is 1. The van der Waals surface area contributed by atoms with E-state index in [4.69, 9.17) is 14.0 Å². The van der Waals surface area contributed by atoms with Gasteiger partial charge in [-0.15, -0.1) is 11.8 Å². The van der Waals surface area contributed by atoms with Crippen molar-refractivity contribution in [2.45, 2.75) is 50.1 Å². The molecule has 2 fully saturated rings. The summed E-state index contributed by atoms with van der Waals surface area (Å²) in [6.45, 7) is 1.00. The summed E-state index contributed by atoms with van der Waals surface area (Å²) >= 11 is 1.27. The number of nitrogens with one attached hydrogen (secondary N) is 1. The van der Waals surface area contributed by atoms with Gasteiger partial charge in [0.05, 0.1) is 6.26 Å². The van der Waals surface area contributed by atoms with Crippen molar-refractivity contribution in [2.24, 2.45) is 5.16 Å². The molecule has 1 saturated carbocycles. The highest BCUT2D eigenvalue weighted by Gasteiger charge is 2.54. The van der Waals surface area contributed by atoms with Gasteiger partial charge in [-0.25, -0.2) is 4.79 Å². The van der Waals surface area contributed by atoms with Crippen molar-refractivity contribution in [3.63, 3.8) is 0 Å². The van der Waals surface area contributed by atoms with Crippen LogP contribution >= 0.6 is 11.8 Å². The summed E-state index contributed by atoms with van der Waals surface area (Å²) in [6, 6.07) is 2.22. The molecular weight excluding hydrogens is 454 g/mol. The van der Waals surface area contributed by atoms with E-state index in [1.807, 2.05) is 0 Å². The highest BCUT2D eigenvalue weighted by atomic mass is 32.2. The number of rotatable bonds is 8. The molecule has 4 rings (SSSR count). The quantitative estimate of drug-likeness (QED) is 0.244. The predicted octanol–water partition coefficient (Wildman–Crippen LogP) is 1.24. The van der Waals surface area contributed by atoms with Crippen LogP contribution in [0.5, 0.6) is 0 Å². The van der Waals surface area contributed by atoms with Gasteiger partial charge in [-0.3, -0.25) is 19.3 Å². The van der Waals surface area contributed by atoms with E-state index in [0.29, 0.717) is 5.57 Å². The lowest BCUT2D eigenvalue weighted by Gasteiger charge is -2.49. The maximum absolute atomic E-state index is 13.0. The molecule has 0 spiro atoms. The Balaban J connectivity index is 1.48. The molecule has 2 N–H and O–H groups in total. The van der Waals surface area contributed by atoms with E-state index in [1.54, 1.807) is 12.1 Å². The van der Waals surface area contributed by atoms with Crippen LogP contribution in [-0.2, 0) is 28.8 Å². The minimum atomic E-state index is -1.30. The van der Waals surface area contributed by atoms with Crippen molar-refractivity contribution < 1.29 is 38.3 Å². The van der Waals surface area contributed by atoms with E-state index < -0.39 is 35.2 Å². The monoisotopic (exact) mass is 477 g/mol. The molecule has 0 aromatic carbocycles. The van der Waals surface area contributed by atoms with E-state index >= 15 is 0 Å². The summed E-state index contributed by atoms with van der Waals surface area (Å²) in [7, 11) is 0. The molecule has 12 heteroatoms. The minimum Gasteiger partial charge on any atom is -0.477 e. The Labute approximate surface area is 193 Å². The zero-order valence-electron chi connectivity index (χ0n) is 17.8. The smallest absolute Gasteiger partial charge is 0.352 e. The van der Waals surface area contributed by atoms with Gasteiger partial charge in [-0.1, -0.05) is 5.16 Å². The molecule has 3 aliphatic rings. The van der Waals surface area contributed by atoms with Crippen LogP contribution in [0.2, 0.25) is 0 Å². The molecule has 11 nitrogen and oxygen atoms in total. The number of esters is 1. The SMILES string of the molecule is CC(=O)OCC1=C(C(=O)O)N2C(=O)[C@@H](NC(=O)C(=NOC3CCCC3)c3ccco3)[C@H]2SC1. The second kappa shape index (κ2) is 9.69. The number of ether oxygens (including phenoxy) is 1. The van der Waals surface area contributed by atoms with Crippen LogP contribution in [0.15, 0.2) is 39.2 Å². The average molecular weight is 477 g/mol. The first-order valence-electron chi connectivity index (χ1n) is 10.5. The fraction of sp³-hybridized carbons (Fsp3) is 0.476. The van der Waals surface area contributed by atoms with Crippen LogP contribution < -0.4 is 5.32 Å². The average Bonchev–Trinajstić information content (AvgIpc) is 3.50. The number of aliphatic carboxylic acids is 1. The van der Waals surface area contributed by atoms with Crippen molar-refractivity contribution >= 4 is 41.2 Å². The lowest BCUT2D eigenvalue weighted by Crippen LogP contribution is -2.71. The zero-order valence-corrected chi connectivity index (χ0v) is 18.6. The number of hydrogen-bond acceptors (Lipinski definition) is 9. The van der Waals surface area contributed by atoms with Gasteiger partial charge in [0.2, 0.25) is 5.71 Å². The molecule has 1 aromatic heterocycles. The number of furan rings is 1. The van der Waals surface area contributed by atoms with Crippen LogP contribution in [-0.4, -0.2) is 69.4 Å². The van der Waals surface area contributed by atoms with Gasteiger partial charge in [0.15, 0.2) is 5.76 Å². The molecule has 2 aliphatic heterocycles. The number of fused-ring (bicyclic) bond motifs is 1. The van der Waals surface area contributed by atoms with Crippen LogP contribution in [0.1, 0.15) is 38.4 Å². The number of carboxylic acid groups (broad SMARTS) is 1. The predicted molar refractivity (Wildman–Crippen MR) is 115 cm³/mol. The molecule has 1 saturated heterocycles. The highest BCUT2D eigenvalue weighted by molar-refractivity contribution is 8.00. The maximum Gasteiger partial charge on any atom is 0.352 e. The molecule has 0 bridgehead atoms. The third-order valence-electron chi connectivity index (χ3n) is 5.55. The molecule has 1 aromatic rings. The molecule has 1 aliphatic carbocycles. The van der Waals surface area contributed by atoms with Gasteiger partial charge in [-0.05, 0) is 37.8 Å². The Hall–Kier alpha value is -3.28. The Morgan fingerprint density at radius 1 is 1.33 bits per heavy atom. The van der Waals surface area contributed by atoms with Crippen molar-refractivity contribution in [1.82, 2.24) is 10.2 Å². The van der Waals surface area contributed by atoms with Gasteiger partial charge in [-0.2, -0.15) is 0 Å². The van der Waals surface area contributed by atoms with Crippen molar-refractivity contribution in [1.29, 1.82) is 0 Å². The topological polar surface area (TPSA) is 148 Å². The summed E-state index contributed by atoms with van der Waals surface area (Å²) in [6.07, 6.45) is 5.10. The number of amides is 2. The highest BCUT2D eigenvalue weighted by Crippen LogP contribution is 2.40. The number of β-lactam (4-membered cyclic amide) rings is 1. The lowest BCUT2D eigenvalue weighted by atomic mass is 10.0. The normalized spacial score (nSPS) is 23.1. The fourth-order valence-corrected chi connectivity index (χ4v) is 5.25. The number of nitrogens with zero attached hydrogens (tertiary/aromatic N) is 2. The second-order valence-corrected chi connectivity index (χ2v) is 8.93. The summed E-state index contributed by atoms with van der Waals surface area (Å²) in [5.41, 5.74) is 0.00312. The summed E-state index contributed by atoms with van der Waals surface area (Å²) < 4.78 is 10.2. The number of oxime groups is 1. The number of thioether (sulfide) groups is 1. The fourth-order valence-electron chi connectivity index (χ4n) is 3.93. The summed E-state index contributed by atoms with van der Waals surface area (Å²) in [4.78, 5) is 55.3. The van der Waals surface area contributed by atoms with Crippen LogP contribution in [0.3, 0.4) is 0 Å². The maximum atomic E-state index is 13.0. The Kier molecular flexibility index (Phi) is 6.72. The van der Waals surface area contributed by atoms with Gasteiger partial charge < -0.3 is 24.4 Å². The van der Waals surface area contributed by atoms with Crippen LogP contribution in [0.25, 0.3) is 0 Å². The molecule has 33 heavy (non-hydrogen) atoms. The Morgan fingerprint density at radius 3 is 2.73 bits per heavy atom. The van der Waals surface area contributed by atoms with Gasteiger partial charge in [0, 0.05) is 18.2 Å². The molecule has 2 amide bonds. The van der Waals surface area contributed by atoms with Gasteiger partial charge in [0.25, 0.3) is 11.8 Å². The molecule has 2 atom stereocenters. The summed E-state index contributed by atoms with van der Waals surface area (Å²) in [5, 5.41) is 15.7. The van der Waals surface area contributed by atoms with E-state index in [0.717, 1.165) is 30.6 Å². The van der Waals surface area contributed by atoms with Crippen molar-refractivity contribution in [2.75, 3.05) is 12.4 Å². The number of carbonyl (C=O) groups is 4. The minimum absolute atomic E-state index is 0.0728. The number of hydrogen-bond donors (Lipinski definition) is 2. The molecule has 176 valence electrons. The largest absolute Gasteiger partial charge is 0.477 e. The molecular formula is C21H23N3O8S. The van der Waals surface area contributed by atoms with Crippen LogP contribution in [0.4, 0.5) is 0 Å². The first-order chi connectivity index (χ1) is 15.9. The van der Waals surface area contributed by atoms with E-state index in [-0.39, 0.29) is 35.6 Å². The third-order valence-corrected chi connectivity index (χ3v) is 6.89. The lowest BCUT2D eigenvalue weighted by molar-refractivity contribution is -0.150. The van der Waals surface area contributed by atoms with Crippen LogP contribution in [0, 0.1) is 0 Å². The van der Waals surface area contributed by atoms with Crippen molar-refractivity contribution in [3.05, 3.63) is 35.4 Å². The molecule has 3 heterocycles. The van der Waals surface area contributed by atoms with E-state index in [9.17, 15) is 24.3 Å². The Morgan fingerprint density at radius 2 is 2.09 bits per heavy atom. The first kappa shape index (κ1) is 22.9. The standard InChI is InChI=1S/C21H23N3O8S/c1-11(25)31-9-12-10-33-20-16(19(27)24(20)17(12)21(28)29)22-18(26)15(14-7-4-8-30-14)23-32-13-5-2-3-6-13/h4,7-8,13,16,20H,2-3,5-6,9-10H2,1H3,(H,22,26)(H,28,29)/t16-,20-/m1/s1. The zero-order chi connectivity index (χ0) is 23.5. The molecule has 0 unspecified atom stereocenters. The Bertz CT molecular complexity index is 1010. The van der Waals surface area contributed by atoms with E-state index in [1.165, 1.54) is 24.9 Å². The van der Waals surface area contributed by atoms with Crippen molar-refractivity contribution in [3.8, 4) is 0 Å². The second-order valence-electron chi connectivity index (χ2n) is 7.83. The summed E-state index contributed by atoms with van der Waals surface area (Å²) in [5.74, 6) is -2.66. The number of carbonyl (C=O) groups excluding carboxylic acids is 3. The first-order valence-corrected chi connectivity index (χ1v) is 11.5. The third kappa shape index (κ3) is 4.75. The van der Waals surface area contributed by atoms with Gasteiger partial charge >= 0.3 is 11.9 Å².